The Hall–Kier alpha value is -0.830. The fraction of sp³-hybridized carbons (Fsp3) is 0.864. The molecule has 0 aromatic rings. The van der Waals surface area contributed by atoms with E-state index in [1.165, 1.54) is 12.0 Å². The lowest BCUT2D eigenvalue weighted by atomic mass is 9.46. The van der Waals surface area contributed by atoms with Crippen molar-refractivity contribution in [3.63, 3.8) is 0 Å². The summed E-state index contributed by atoms with van der Waals surface area (Å²) >= 11 is 0. The average molecular weight is 347 g/mol. The van der Waals surface area contributed by atoms with Gasteiger partial charge in [0.25, 0.3) is 0 Å². The number of hydrogen-bond donors (Lipinski definition) is 1. The van der Waals surface area contributed by atoms with Crippen molar-refractivity contribution in [3.05, 3.63) is 11.6 Å². The van der Waals surface area contributed by atoms with Crippen LogP contribution in [0.5, 0.6) is 0 Å². The van der Waals surface area contributed by atoms with Gasteiger partial charge in [-0.25, -0.2) is 0 Å². The van der Waals surface area contributed by atoms with Crippen molar-refractivity contribution in [2.75, 3.05) is 7.11 Å². The molecule has 4 aliphatic rings. The zero-order valence-electron chi connectivity index (χ0n) is 16.3. The number of carbonyl (C=O) groups is 1. The van der Waals surface area contributed by atoms with Crippen LogP contribution in [0.15, 0.2) is 11.6 Å². The van der Waals surface area contributed by atoms with E-state index < -0.39 is 0 Å². The molecule has 3 heteroatoms. The van der Waals surface area contributed by atoms with Crippen molar-refractivity contribution in [2.45, 2.75) is 78.2 Å². The van der Waals surface area contributed by atoms with Gasteiger partial charge in [-0.3, -0.25) is 4.79 Å². The second-order valence-electron chi connectivity index (χ2n) is 9.97. The molecule has 3 saturated carbocycles. The van der Waals surface area contributed by atoms with Crippen LogP contribution in [-0.2, 0) is 9.53 Å². The first-order chi connectivity index (χ1) is 11.8. The van der Waals surface area contributed by atoms with Crippen LogP contribution in [0.25, 0.3) is 0 Å². The van der Waals surface area contributed by atoms with Gasteiger partial charge in [0.15, 0.2) is 0 Å². The first kappa shape index (κ1) is 17.6. The zero-order chi connectivity index (χ0) is 18.0. The van der Waals surface area contributed by atoms with E-state index in [9.17, 15) is 9.90 Å². The highest BCUT2D eigenvalue weighted by Crippen LogP contribution is 2.69. The molecular formula is C22H34O3. The van der Waals surface area contributed by atoms with Crippen molar-refractivity contribution < 1.29 is 14.6 Å². The Balaban J connectivity index is 1.68. The Morgan fingerprint density at radius 3 is 2.56 bits per heavy atom. The predicted molar refractivity (Wildman–Crippen MR) is 97.8 cm³/mol. The normalized spacial score (nSPS) is 51.8. The molecule has 0 aliphatic heterocycles. The molecule has 0 spiro atoms. The second-order valence-corrected chi connectivity index (χ2v) is 9.97. The minimum Gasteiger partial charge on any atom is -0.469 e. The van der Waals surface area contributed by atoms with Gasteiger partial charge in [0, 0.05) is 0 Å². The molecule has 25 heavy (non-hydrogen) atoms. The molecule has 140 valence electrons. The molecule has 4 unspecified atom stereocenters. The van der Waals surface area contributed by atoms with Crippen molar-refractivity contribution in [1.82, 2.24) is 0 Å². The van der Waals surface area contributed by atoms with Gasteiger partial charge in [0.2, 0.25) is 0 Å². The average Bonchev–Trinajstić information content (AvgIpc) is 2.87. The van der Waals surface area contributed by atoms with Gasteiger partial charge in [-0.2, -0.15) is 0 Å². The van der Waals surface area contributed by atoms with Crippen LogP contribution in [0.2, 0.25) is 0 Å². The highest BCUT2D eigenvalue weighted by atomic mass is 16.5. The van der Waals surface area contributed by atoms with Crippen LogP contribution in [0.1, 0.15) is 72.1 Å². The number of carbonyl (C=O) groups excluding carboxylic acids is 1. The molecule has 4 aliphatic carbocycles. The lowest BCUT2D eigenvalue weighted by Gasteiger charge is -2.59. The molecule has 4 rings (SSSR count). The van der Waals surface area contributed by atoms with E-state index in [4.69, 9.17) is 4.74 Å². The molecule has 0 heterocycles. The molecule has 0 bridgehead atoms. The first-order valence-corrected chi connectivity index (χ1v) is 10.2. The standard InChI is InChI=1S/C22H34O3/c1-20-10-7-15(23)13-14(20)5-6-16-17(20)8-11-21(2)18(16)9-12-22(21,3)19(24)25-4/h5,15-18,23H,6-13H2,1-4H3/t15?,16?,17?,18?,20-,21-,22+/m0/s1. The van der Waals surface area contributed by atoms with Gasteiger partial charge in [-0.1, -0.05) is 25.5 Å². The Morgan fingerprint density at radius 2 is 1.84 bits per heavy atom. The van der Waals surface area contributed by atoms with Crippen LogP contribution in [0.4, 0.5) is 0 Å². The largest absolute Gasteiger partial charge is 0.469 e. The number of esters is 1. The minimum atomic E-state index is -0.328. The van der Waals surface area contributed by atoms with Gasteiger partial charge in [-0.15, -0.1) is 0 Å². The van der Waals surface area contributed by atoms with Crippen molar-refractivity contribution in [1.29, 1.82) is 0 Å². The second kappa shape index (κ2) is 5.58. The van der Waals surface area contributed by atoms with Crippen LogP contribution >= 0.6 is 0 Å². The van der Waals surface area contributed by atoms with Crippen LogP contribution in [0.3, 0.4) is 0 Å². The third-order valence-corrected chi connectivity index (χ3v) is 9.32. The SMILES string of the molecule is COC(=O)[C@@]1(C)CCC2C3CC=C4CC(O)CC[C@]4(C)C3CC[C@@]21C. The maximum absolute atomic E-state index is 12.6. The maximum Gasteiger partial charge on any atom is 0.312 e. The molecule has 7 atom stereocenters. The van der Waals surface area contributed by atoms with Gasteiger partial charge in [-0.05, 0) is 86.9 Å². The summed E-state index contributed by atoms with van der Waals surface area (Å²) in [6.45, 7) is 6.98. The Bertz CT molecular complexity index is 610. The first-order valence-electron chi connectivity index (χ1n) is 10.2. The molecular weight excluding hydrogens is 312 g/mol. The number of ether oxygens (including phenoxy) is 1. The zero-order valence-corrected chi connectivity index (χ0v) is 16.3. The Kier molecular flexibility index (Phi) is 3.92. The molecule has 0 radical (unpaired) electrons. The summed E-state index contributed by atoms with van der Waals surface area (Å²) in [5, 5.41) is 10.1. The third-order valence-electron chi connectivity index (χ3n) is 9.32. The summed E-state index contributed by atoms with van der Waals surface area (Å²) in [4.78, 5) is 12.6. The number of fused-ring (bicyclic) bond motifs is 5. The van der Waals surface area contributed by atoms with E-state index in [2.05, 4.69) is 26.8 Å². The van der Waals surface area contributed by atoms with E-state index in [0.717, 1.165) is 50.9 Å². The maximum atomic E-state index is 12.6. The lowest BCUT2D eigenvalue weighted by molar-refractivity contribution is -0.164. The minimum absolute atomic E-state index is 0.00464. The number of aliphatic hydroxyl groups is 1. The van der Waals surface area contributed by atoms with E-state index in [0.29, 0.717) is 11.8 Å². The molecule has 3 fully saturated rings. The van der Waals surface area contributed by atoms with Gasteiger partial charge >= 0.3 is 5.97 Å². The topological polar surface area (TPSA) is 46.5 Å². The van der Waals surface area contributed by atoms with Gasteiger partial charge < -0.3 is 9.84 Å². The molecule has 0 amide bonds. The molecule has 1 N–H and O–H groups in total. The predicted octanol–water partition coefficient (Wildman–Crippen LogP) is 4.49. The fourth-order valence-electron chi connectivity index (χ4n) is 7.47. The molecule has 0 aromatic heterocycles. The van der Waals surface area contributed by atoms with Crippen LogP contribution in [0, 0.1) is 34.0 Å². The van der Waals surface area contributed by atoms with E-state index in [1.807, 2.05) is 0 Å². The number of hydrogen-bond acceptors (Lipinski definition) is 3. The van der Waals surface area contributed by atoms with E-state index >= 15 is 0 Å². The Labute approximate surface area is 152 Å². The van der Waals surface area contributed by atoms with Crippen molar-refractivity contribution >= 4 is 5.97 Å². The summed E-state index contributed by atoms with van der Waals surface area (Å²) < 4.78 is 5.23. The third kappa shape index (κ3) is 2.17. The summed E-state index contributed by atoms with van der Waals surface area (Å²) in [6.07, 6.45) is 10.9. The fourth-order valence-corrected chi connectivity index (χ4v) is 7.47. The summed E-state index contributed by atoms with van der Waals surface area (Å²) in [5.41, 5.74) is 1.53. The molecule has 3 nitrogen and oxygen atoms in total. The number of methoxy groups -OCH3 is 1. The van der Waals surface area contributed by atoms with Crippen molar-refractivity contribution in [2.24, 2.45) is 34.0 Å². The number of aliphatic hydroxyl groups excluding tert-OH is 1. The van der Waals surface area contributed by atoms with Crippen LogP contribution in [-0.4, -0.2) is 24.3 Å². The van der Waals surface area contributed by atoms with Gasteiger partial charge in [0.1, 0.15) is 0 Å². The number of allylic oxidation sites excluding steroid dienone is 1. The lowest BCUT2D eigenvalue weighted by Crippen LogP contribution is -2.53. The van der Waals surface area contributed by atoms with E-state index in [1.54, 1.807) is 7.11 Å². The quantitative estimate of drug-likeness (QED) is 0.562. The smallest absolute Gasteiger partial charge is 0.312 e. The van der Waals surface area contributed by atoms with E-state index in [-0.39, 0.29) is 28.3 Å². The van der Waals surface area contributed by atoms with Gasteiger partial charge in [0.05, 0.1) is 18.6 Å². The summed E-state index contributed by atoms with van der Waals surface area (Å²) in [5.74, 6) is 2.03. The monoisotopic (exact) mass is 346 g/mol. The highest BCUT2D eigenvalue weighted by Gasteiger charge is 2.65. The summed E-state index contributed by atoms with van der Waals surface area (Å²) in [7, 11) is 1.54. The molecule has 0 saturated heterocycles. The molecule has 0 aromatic carbocycles. The number of rotatable bonds is 1. The van der Waals surface area contributed by atoms with Crippen molar-refractivity contribution in [3.8, 4) is 0 Å². The van der Waals surface area contributed by atoms with Crippen LogP contribution < -0.4 is 0 Å². The summed E-state index contributed by atoms with van der Waals surface area (Å²) in [6, 6.07) is 0. The highest BCUT2D eigenvalue weighted by molar-refractivity contribution is 5.78. The Morgan fingerprint density at radius 1 is 1.12 bits per heavy atom.